The largest absolute Gasteiger partial charge is 0.497 e. The molecule has 3 aromatic rings. The normalized spacial score (nSPS) is 9.47. The molecular formula is C24H20N2O4. The van der Waals surface area contributed by atoms with Gasteiger partial charge >= 0.3 is 0 Å². The second-order valence-corrected chi connectivity index (χ2v) is 5.94. The van der Waals surface area contributed by atoms with E-state index in [0.717, 1.165) is 11.3 Å². The van der Waals surface area contributed by atoms with E-state index < -0.39 is 0 Å². The average Bonchev–Trinajstić information content (AvgIpc) is 2.81. The molecule has 0 saturated carbocycles. The third-order valence-corrected chi connectivity index (χ3v) is 4.04. The highest BCUT2D eigenvalue weighted by atomic mass is 16.5. The molecule has 0 saturated heterocycles. The van der Waals surface area contributed by atoms with Crippen LogP contribution in [0.15, 0.2) is 48.8 Å². The standard InChI is InChI=1S/C24H20N2O4/c1-27-21-7-5-6-17(12-21)8-10-19-15-25-16-20(26-19)11-9-18-13-22(28-2)24(30-4)23(14-18)29-3/h5-7,12-16H,1-4H3. The van der Waals surface area contributed by atoms with Crippen molar-refractivity contribution >= 4 is 0 Å². The second-order valence-electron chi connectivity index (χ2n) is 5.94. The minimum absolute atomic E-state index is 0.501. The fraction of sp³-hybridized carbons (Fsp3) is 0.167. The van der Waals surface area contributed by atoms with Crippen LogP contribution >= 0.6 is 0 Å². The molecule has 2 aromatic carbocycles. The summed E-state index contributed by atoms with van der Waals surface area (Å²) in [6.07, 6.45) is 3.18. The van der Waals surface area contributed by atoms with Crippen molar-refractivity contribution in [1.29, 1.82) is 0 Å². The Balaban J connectivity index is 1.87. The van der Waals surface area contributed by atoms with E-state index in [1.807, 2.05) is 24.3 Å². The van der Waals surface area contributed by atoms with Crippen molar-refractivity contribution in [3.05, 3.63) is 71.3 Å². The SMILES string of the molecule is COc1cccc(C#Cc2cncc(C#Cc3cc(OC)c(OC)c(OC)c3)n2)c1. The number of nitrogens with zero attached hydrogens (tertiary/aromatic N) is 2. The molecular weight excluding hydrogens is 380 g/mol. The fourth-order valence-corrected chi connectivity index (χ4v) is 2.61. The Labute approximate surface area is 175 Å². The molecule has 1 aromatic heterocycles. The summed E-state index contributed by atoms with van der Waals surface area (Å²) in [6.45, 7) is 0. The molecule has 150 valence electrons. The van der Waals surface area contributed by atoms with Crippen LogP contribution in [0.2, 0.25) is 0 Å². The summed E-state index contributed by atoms with van der Waals surface area (Å²) in [5, 5.41) is 0. The lowest BCUT2D eigenvalue weighted by Crippen LogP contribution is -1.96. The van der Waals surface area contributed by atoms with Gasteiger partial charge in [0.2, 0.25) is 5.75 Å². The molecule has 0 bridgehead atoms. The lowest BCUT2D eigenvalue weighted by molar-refractivity contribution is 0.324. The molecule has 0 amide bonds. The Morgan fingerprint density at radius 3 is 1.87 bits per heavy atom. The number of hydrogen-bond acceptors (Lipinski definition) is 6. The van der Waals surface area contributed by atoms with Crippen LogP contribution < -0.4 is 18.9 Å². The van der Waals surface area contributed by atoms with Crippen LogP contribution in [0.3, 0.4) is 0 Å². The minimum Gasteiger partial charge on any atom is -0.497 e. The Morgan fingerprint density at radius 2 is 1.30 bits per heavy atom. The molecule has 1 heterocycles. The van der Waals surface area contributed by atoms with E-state index in [1.54, 1.807) is 53.0 Å². The number of ether oxygens (including phenoxy) is 4. The van der Waals surface area contributed by atoms with Crippen LogP contribution in [0.5, 0.6) is 23.0 Å². The molecule has 0 atom stereocenters. The van der Waals surface area contributed by atoms with Gasteiger partial charge in [-0.2, -0.15) is 0 Å². The number of aromatic nitrogens is 2. The van der Waals surface area contributed by atoms with Gasteiger partial charge in [-0.05, 0) is 42.2 Å². The van der Waals surface area contributed by atoms with E-state index in [1.165, 1.54) is 0 Å². The predicted molar refractivity (Wildman–Crippen MR) is 113 cm³/mol. The molecule has 6 heteroatoms. The molecule has 3 rings (SSSR count). The van der Waals surface area contributed by atoms with E-state index in [2.05, 4.69) is 33.6 Å². The van der Waals surface area contributed by atoms with E-state index in [-0.39, 0.29) is 0 Å². The van der Waals surface area contributed by atoms with E-state index in [0.29, 0.717) is 34.2 Å². The lowest BCUT2D eigenvalue weighted by atomic mass is 10.2. The highest BCUT2D eigenvalue weighted by Crippen LogP contribution is 2.37. The number of methoxy groups -OCH3 is 4. The second kappa shape index (κ2) is 9.86. The monoisotopic (exact) mass is 400 g/mol. The third-order valence-electron chi connectivity index (χ3n) is 4.04. The predicted octanol–water partition coefficient (Wildman–Crippen LogP) is 3.31. The zero-order valence-corrected chi connectivity index (χ0v) is 17.1. The first-order valence-electron chi connectivity index (χ1n) is 8.97. The van der Waals surface area contributed by atoms with Crippen LogP contribution in [0.1, 0.15) is 22.5 Å². The quantitative estimate of drug-likeness (QED) is 0.626. The highest BCUT2D eigenvalue weighted by Gasteiger charge is 2.12. The van der Waals surface area contributed by atoms with Gasteiger partial charge in [-0.1, -0.05) is 17.9 Å². The van der Waals surface area contributed by atoms with Gasteiger partial charge in [0, 0.05) is 11.1 Å². The fourth-order valence-electron chi connectivity index (χ4n) is 2.61. The van der Waals surface area contributed by atoms with Gasteiger partial charge in [0.1, 0.15) is 17.1 Å². The summed E-state index contributed by atoms with van der Waals surface area (Å²) in [4.78, 5) is 8.61. The maximum absolute atomic E-state index is 5.35. The van der Waals surface area contributed by atoms with Crippen LogP contribution in [-0.4, -0.2) is 38.4 Å². The minimum atomic E-state index is 0.501. The van der Waals surface area contributed by atoms with Gasteiger partial charge in [0.15, 0.2) is 11.5 Å². The summed E-state index contributed by atoms with van der Waals surface area (Å²) in [5.74, 6) is 14.4. The molecule has 30 heavy (non-hydrogen) atoms. The van der Waals surface area contributed by atoms with Crippen molar-refractivity contribution in [3.8, 4) is 46.7 Å². The third kappa shape index (κ3) is 5.01. The summed E-state index contributed by atoms with van der Waals surface area (Å²) in [7, 11) is 6.29. The Kier molecular flexibility index (Phi) is 6.76. The molecule has 0 radical (unpaired) electrons. The number of rotatable bonds is 4. The van der Waals surface area contributed by atoms with Gasteiger partial charge in [-0.3, -0.25) is 4.98 Å². The highest BCUT2D eigenvalue weighted by molar-refractivity contribution is 5.58. The first-order valence-corrected chi connectivity index (χ1v) is 8.97. The van der Waals surface area contributed by atoms with Crippen molar-refractivity contribution in [3.63, 3.8) is 0 Å². The number of hydrogen-bond donors (Lipinski definition) is 0. The van der Waals surface area contributed by atoms with Crippen molar-refractivity contribution in [1.82, 2.24) is 9.97 Å². The van der Waals surface area contributed by atoms with Crippen molar-refractivity contribution in [2.24, 2.45) is 0 Å². The Morgan fingerprint density at radius 1 is 0.667 bits per heavy atom. The van der Waals surface area contributed by atoms with Crippen LogP contribution in [-0.2, 0) is 0 Å². The first kappa shape index (κ1) is 20.6. The maximum Gasteiger partial charge on any atom is 0.203 e. The summed E-state index contributed by atoms with van der Waals surface area (Å²) < 4.78 is 21.2. The Bertz CT molecular complexity index is 1140. The first-order chi connectivity index (χ1) is 14.7. The van der Waals surface area contributed by atoms with Crippen molar-refractivity contribution in [2.45, 2.75) is 0 Å². The zero-order chi connectivity index (χ0) is 21.3. The molecule has 0 aliphatic carbocycles. The van der Waals surface area contributed by atoms with Gasteiger partial charge in [0.25, 0.3) is 0 Å². The van der Waals surface area contributed by atoms with E-state index in [9.17, 15) is 0 Å². The molecule has 0 N–H and O–H groups in total. The van der Waals surface area contributed by atoms with E-state index in [4.69, 9.17) is 18.9 Å². The van der Waals surface area contributed by atoms with Crippen LogP contribution in [0.25, 0.3) is 0 Å². The maximum atomic E-state index is 5.35. The molecule has 0 unspecified atom stereocenters. The molecule has 0 spiro atoms. The van der Waals surface area contributed by atoms with Crippen molar-refractivity contribution in [2.75, 3.05) is 28.4 Å². The van der Waals surface area contributed by atoms with E-state index >= 15 is 0 Å². The Hall–Kier alpha value is -4.16. The lowest BCUT2D eigenvalue weighted by Gasteiger charge is -2.12. The van der Waals surface area contributed by atoms with Gasteiger partial charge in [-0.25, -0.2) is 4.98 Å². The van der Waals surface area contributed by atoms with Crippen molar-refractivity contribution < 1.29 is 18.9 Å². The zero-order valence-electron chi connectivity index (χ0n) is 17.1. The summed E-state index contributed by atoms with van der Waals surface area (Å²) >= 11 is 0. The smallest absolute Gasteiger partial charge is 0.203 e. The van der Waals surface area contributed by atoms with Gasteiger partial charge in [-0.15, -0.1) is 0 Å². The molecule has 0 aliphatic rings. The van der Waals surface area contributed by atoms with Gasteiger partial charge in [0.05, 0.1) is 40.8 Å². The molecule has 0 aliphatic heterocycles. The van der Waals surface area contributed by atoms with Crippen LogP contribution in [0, 0.1) is 23.7 Å². The van der Waals surface area contributed by atoms with Gasteiger partial charge < -0.3 is 18.9 Å². The summed E-state index contributed by atoms with van der Waals surface area (Å²) in [5.41, 5.74) is 2.54. The summed E-state index contributed by atoms with van der Waals surface area (Å²) in [6, 6.07) is 11.0. The molecule has 6 nitrogen and oxygen atoms in total. The average molecular weight is 400 g/mol. The topological polar surface area (TPSA) is 62.7 Å². The molecule has 0 fully saturated rings. The van der Waals surface area contributed by atoms with Crippen LogP contribution in [0.4, 0.5) is 0 Å². The number of benzene rings is 2.